The SMILES string of the molecule is COC[C@@H](NC(=O)Nc1cc2c(cn1)c(-c1cnn(C)c1)nn2C(c1ccccc1)(c1ccccc1)c1ccccc1)c1ccccc1. The van der Waals surface area contributed by atoms with Crippen LogP contribution < -0.4 is 10.6 Å². The second-order valence-corrected chi connectivity index (χ2v) is 11.6. The van der Waals surface area contributed by atoms with Crippen LogP contribution in [0.2, 0.25) is 0 Å². The number of carbonyl (C=O) groups is 1. The summed E-state index contributed by atoms with van der Waals surface area (Å²) in [6.07, 6.45) is 5.52. The van der Waals surface area contributed by atoms with Gasteiger partial charge in [0.05, 0.1) is 24.4 Å². The summed E-state index contributed by atoms with van der Waals surface area (Å²) in [5.74, 6) is 0.381. The van der Waals surface area contributed by atoms with E-state index in [1.807, 2.05) is 104 Å². The molecule has 2 amide bonds. The molecule has 1 atom stereocenters. The number of anilines is 1. The summed E-state index contributed by atoms with van der Waals surface area (Å²) in [6, 6.07) is 42.0. The van der Waals surface area contributed by atoms with Gasteiger partial charge in [-0.1, -0.05) is 121 Å². The number of hydrogen-bond acceptors (Lipinski definition) is 5. The van der Waals surface area contributed by atoms with E-state index in [0.717, 1.165) is 44.4 Å². The molecule has 0 bridgehead atoms. The standard InChI is InChI=1S/C39H35N7O2/c1-45-26-29(24-41-45)37-33-25-40-36(43-38(47)42-34(27-48-2)28-15-7-3-8-16-28)23-35(33)46(44-37)39(30-17-9-4-10-18-30,31-19-11-5-12-20-31)32-21-13-6-14-22-32/h3-26,34H,27H2,1-2H3,(H2,40,42,43,47)/t34-/m1/s1. The highest BCUT2D eigenvalue weighted by atomic mass is 16.5. The van der Waals surface area contributed by atoms with E-state index in [2.05, 4.69) is 56.8 Å². The quantitative estimate of drug-likeness (QED) is 0.156. The number of ether oxygens (including phenoxy) is 1. The van der Waals surface area contributed by atoms with Crippen molar-refractivity contribution in [1.29, 1.82) is 0 Å². The Morgan fingerprint density at radius 2 is 1.38 bits per heavy atom. The predicted octanol–water partition coefficient (Wildman–Crippen LogP) is 7.18. The van der Waals surface area contributed by atoms with Gasteiger partial charge in [0.25, 0.3) is 0 Å². The van der Waals surface area contributed by atoms with E-state index in [0.29, 0.717) is 12.4 Å². The van der Waals surface area contributed by atoms with E-state index in [1.54, 1.807) is 24.2 Å². The summed E-state index contributed by atoms with van der Waals surface area (Å²) in [5.41, 5.74) is 5.51. The fourth-order valence-electron chi connectivity index (χ4n) is 6.38. The van der Waals surface area contributed by atoms with E-state index >= 15 is 0 Å². The molecule has 0 spiro atoms. The summed E-state index contributed by atoms with van der Waals surface area (Å²) in [7, 11) is 3.50. The average Bonchev–Trinajstić information content (AvgIpc) is 3.74. The zero-order valence-corrected chi connectivity index (χ0v) is 26.7. The largest absolute Gasteiger partial charge is 0.382 e. The molecule has 3 heterocycles. The molecule has 0 unspecified atom stereocenters. The highest BCUT2D eigenvalue weighted by Gasteiger charge is 2.41. The van der Waals surface area contributed by atoms with Crippen molar-refractivity contribution in [3.63, 3.8) is 0 Å². The van der Waals surface area contributed by atoms with Gasteiger partial charge in [-0.25, -0.2) is 14.5 Å². The second-order valence-electron chi connectivity index (χ2n) is 11.6. The van der Waals surface area contributed by atoms with Crippen LogP contribution in [-0.2, 0) is 17.3 Å². The molecule has 0 fully saturated rings. The molecule has 7 aromatic rings. The first-order valence-corrected chi connectivity index (χ1v) is 15.7. The molecular weight excluding hydrogens is 598 g/mol. The maximum atomic E-state index is 13.4. The Labute approximate surface area is 278 Å². The van der Waals surface area contributed by atoms with Gasteiger partial charge in [0.2, 0.25) is 0 Å². The van der Waals surface area contributed by atoms with Crippen molar-refractivity contribution in [3.05, 3.63) is 168 Å². The van der Waals surface area contributed by atoms with Crippen LogP contribution in [0.25, 0.3) is 22.2 Å². The zero-order chi connectivity index (χ0) is 32.9. The van der Waals surface area contributed by atoms with Gasteiger partial charge in [-0.3, -0.25) is 10.00 Å². The number of benzene rings is 4. The van der Waals surface area contributed by atoms with Crippen molar-refractivity contribution in [2.24, 2.45) is 7.05 Å². The van der Waals surface area contributed by atoms with Crippen molar-refractivity contribution in [3.8, 4) is 11.3 Å². The number of hydrogen-bond donors (Lipinski definition) is 2. The molecule has 9 heteroatoms. The molecule has 238 valence electrons. The number of fused-ring (bicyclic) bond motifs is 1. The molecule has 7 rings (SSSR count). The topological polar surface area (TPSA) is 98.9 Å². The van der Waals surface area contributed by atoms with Crippen LogP contribution in [0.5, 0.6) is 0 Å². The summed E-state index contributed by atoms with van der Waals surface area (Å²) >= 11 is 0. The number of aryl methyl sites for hydroxylation is 1. The third kappa shape index (κ3) is 5.72. The highest BCUT2D eigenvalue weighted by molar-refractivity contribution is 5.96. The number of carbonyl (C=O) groups excluding carboxylic acids is 1. The van der Waals surface area contributed by atoms with E-state index < -0.39 is 11.6 Å². The summed E-state index contributed by atoms with van der Waals surface area (Å²) in [6.45, 7) is 0.318. The molecule has 48 heavy (non-hydrogen) atoms. The first-order valence-electron chi connectivity index (χ1n) is 15.7. The number of nitrogens with one attached hydrogen (secondary N) is 2. The number of urea groups is 1. The van der Waals surface area contributed by atoms with Gasteiger partial charge in [0.15, 0.2) is 0 Å². The van der Waals surface area contributed by atoms with E-state index in [4.69, 9.17) is 14.8 Å². The van der Waals surface area contributed by atoms with Gasteiger partial charge in [0, 0.05) is 43.6 Å². The molecule has 0 aliphatic heterocycles. The summed E-state index contributed by atoms with van der Waals surface area (Å²) in [4.78, 5) is 18.1. The van der Waals surface area contributed by atoms with E-state index in [1.165, 1.54) is 0 Å². The average molecular weight is 634 g/mol. The van der Waals surface area contributed by atoms with Crippen molar-refractivity contribution in [2.45, 2.75) is 11.6 Å². The molecular formula is C39H35N7O2. The Kier molecular flexibility index (Phi) is 8.51. The van der Waals surface area contributed by atoms with Gasteiger partial charge < -0.3 is 10.1 Å². The molecule has 9 nitrogen and oxygen atoms in total. The van der Waals surface area contributed by atoms with Crippen molar-refractivity contribution in [2.75, 3.05) is 19.0 Å². The van der Waals surface area contributed by atoms with Crippen LogP contribution in [0.15, 0.2) is 146 Å². The predicted molar refractivity (Wildman–Crippen MR) is 188 cm³/mol. The summed E-state index contributed by atoms with van der Waals surface area (Å²) in [5, 5.41) is 16.7. The normalized spacial score (nSPS) is 12.1. The van der Waals surface area contributed by atoms with Crippen LogP contribution in [0.1, 0.15) is 28.3 Å². The molecule has 0 aliphatic rings. The van der Waals surface area contributed by atoms with Gasteiger partial charge in [0.1, 0.15) is 17.1 Å². The lowest BCUT2D eigenvalue weighted by molar-refractivity contribution is 0.168. The van der Waals surface area contributed by atoms with Gasteiger partial charge in [-0.2, -0.15) is 10.2 Å². The Bertz CT molecular complexity index is 2030. The second kappa shape index (κ2) is 13.4. The van der Waals surface area contributed by atoms with Gasteiger partial charge in [-0.05, 0) is 22.3 Å². The number of aromatic nitrogens is 5. The fourth-order valence-corrected chi connectivity index (χ4v) is 6.38. The lowest BCUT2D eigenvalue weighted by atomic mass is 9.77. The maximum Gasteiger partial charge on any atom is 0.320 e. The summed E-state index contributed by atoms with van der Waals surface area (Å²) < 4.78 is 9.24. The Hall–Kier alpha value is -6.06. The van der Waals surface area contributed by atoms with Crippen LogP contribution in [0.4, 0.5) is 10.6 Å². The first kappa shape index (κ1) is 30.6. The molecule has 4 aromatic carbocycles. The zero-order valence-electron chi connectivity index (χ0n) is 26.7. The Morgan fingerprint density at radius 1 is 0.812 bits per heavy atom. The van der Waals surface area contributed by atoms with Crippen LogP contribution >= 0.6 is 0 Å². The van der Waals surface area contributed by atoms with Crippen molar-refractivity contribution in [1.82, 2.24) is 29.9 Å². The molecule has 0 saturated heterocycles. The lowest BCUT2D eigenvalue weighted by Crippen LogP contribution is -2.38. The third-order valence-electron chi connectivity index (χ3n) is 8.52. The van der Waals surface area contributed by atoms with Crippen LogP contribution in [0, 0.1) is 0 Å². The fraction of sp³-hybridized carbons (Fsp3) is 0.128. The monoisotopic (exact) mass is 633 g/mol. The minimum atomic E-state index is -0.889. The lowest BCUT2D eigenvalue weighted by Gasteiger charge is -2.37. The maximum absolute atomic E-state index is 13.4. The highest BCUT2D eigenvalue weighted by Crippen LogP contribution is 2.44. The number of pyridine rings is 1. The van der Waals surface area contributed by atoms with E-state index in [-0.39, 0.29) is 6.04 Å². The number of rotatable bonds is 10. The third-order valence-corrected chi connectivity index (χ3v) is 8.52. The van der Waals surface area contributed by atoms with E-state index in [9.17, 15) is 4.79 Å². The van der Waals surface area contributed by atoms with Crippen LogP contribution in [-0.4, -0.2) is 44.3 Å². The number of nitrogens with zero attached hydrogens (tertiary/aromatic N) is 5. The Morgan fingerprint density at radius 3 is 1.90 bits per heavy atom. The smallest absolute Gasteiger partial charge is 0.320 e. The first-order chi connectivity index (χ1) is 23.6. The number of amides is 2. The van der Waals surface area contributed by atoms with Crippen LogP contribution in [0.3, 0.4) is 0 Å². The molecule has 3 aromatic heterocycles. The van der Waals surface area contributed by atoms with Gasteiger partial charge >= 0.3 is 6.03 Å². The molecule has 2 N–H and O–H groups in total. The number of methoxy groups -OCH3 is 1. The minimum absolute atomic E-state index is 0.318. The molecule has 0 saturated carbocycles. The van der Waals surface area contributed by atoms with Gasteiger partial charge in [-0.15, -0.1) is 0 Å². The van der Waals surface area contributed by atoms with Crippen molar-refractivity contribution < 1.29 is 9.53 Å². The molecule has 0 aliphatic carbocycles. The Balaban J connectivity index is 1.43. The molecule has 0 radical (unpaired) electrons. The minimum Gasteiger partial charge on any atom is -0.382 e. The van der Waals surface area contributed by atoms with Crippen molar-refractivity contribution >= 4 is 22.8 Å².